The van der Waals surface area contributed by atoms with E-state index in [1.165, 1.54) is 24.0 Å². The van der Waals surface area contributed by atoms with E-state index in [0.717, 1.165) is 24.2 Å². The molecule has 6 heteroatoms. The van der Waals surface area contributed by atoms with E-state index in [1.807, 2.05) is 6.92 Å². The first-order valence-corrected chi connectivity index (χ1v) is 10.1. The highest BCUT2D eigenvalue weighted by Crippen LogP contribution is 2.24. The number of fused-ring (bicyclic) bond motifs is 1. The summed E-state index contributed by atoms with van der Waals surface area (Å²) in [4.78, 5) is 24.2. The molecule has 2 aromatic carbocycles. The number of hydrogen-bond donors (Lipinski definition) is 3. The van der Waals surface area contributed by atoms with E-state index in [2.05, 4.69) is 34.1 Å². The van der Waals surface area contributed by atoms with Crippen LogP contribution in [0.4, 0.5) is 10.5 Å². The number of amides is 3. The van der Waals surface area contributed by atoms with Crippen LogP contribution in [0.1, 0.15) is 48.9 Å². The smallest absolute Gasteiger partial charge is 0.319 e. The van der Waals surface area contributed by atoms with Crippen molar-refractivity contribution in [1.82, 2.24) is 10.6 Å². The molecule has 0 aromatic heterocycles. The normalized spacial score (nSPS) is 13.7. The Bertz CT molecular complexity index is 849. The minimum absolute atomic E-state index is 0.0529. The molecule has 0 saturated carbocycles. The summed E-state index contributed by atoms with van der Waals surface area (Å²) in [6.45, 7) is 2.26. The van der Waals surface area contributed by atoms with Crippen LogP contribution in [0.25, 0.3) is 0 Å². The Morgan fingerprint density at radius 3 is 2.48 bits per heavy atom. The Balaban J connectivity index is 1.40. The van der Waals surface area contributed by atoms with Crippen LogP contribution in [0, 0.1) is 0 Å². The molecule has 0 spiro atoms. The first-order chi connectivity index (χ1) is 14.0. The number of ether oxygens (including phenoxy) is 1. The van der Waals surface area contributed by atoms with Crippen molar-refractivity contribution < 1.29 is 14.3 Å². The fraction of sp³-hybridized carbons (Fsp3) is 0.391. The van der Waals surface area contributed by atoms with Crippen molar-refractivity contribution in [2.75, 3.05) is 19.0 Å². The van der Waals surface area contributed by atoms with Gasteiger partial charge in [-0.25, -0.2) is 4.79 Å². The van der Waals surface area contributed by atoms with Crippen LogP contribution in [0.5, 0.6) is 5.75 Å². The number of anilines is 1. The van der Waals surface area contributed by atoms with Gasteiger partial charge in [0.1, 0.15) is 5.75 Å². The zero-order chi connectivity index (χ0) is 20.6. The molecule has 3 amide bonds. The third-order valence-electron chi connectivity index (χ3n) is 5.24. The molecule has 29 heavy (non-hydrogen) atoms. The van der Waals surface area contributed by atoms with Gasteiger partial charge in [-0.1, -0.05) is 18.2 Å². The van der Waals surface area contributed by atoms with Crippen LogP contribution in [0.2, 0.25) is 0 Å². The summed E-state index contributed by atoms with van der Waals surface area (Å²) < 4.78 is 5.08. The number of nitrogens with one attached hydrogen (secondary N) is 3. The highest BCUT2D eigenvalue weighted by Gasteiger charge is 2.14. The van der Waals surface area contributed by atoms with Crippen molar-refractivity contribution in [2.24, 2.45) is 0 Å². The summed E-state index contributed by atoms with van der Waals surface area (Å²) >= 11 is 0. The van der Waals surface area contributed by atoms with Crippen molar-refractivity contribution in [1.29, 1.82) is 0 Å². The molecular weight excluding hydrogens is 366 g/mol. The summed E-state index contributed by atoms with van der Waals surface area (Å²) in [6.07, 6.45) is 5.00. The number of carbonyl (C=O) groups is 2. The lowest BCUT2D eigenvalue weighted by molar-refractivity contribution is -0.121. The Kier molecular flexibility index (Phi) is 7.11. The maximum absolute atomic E-state index is 12.2. The summed E-state index contributed by atoms with van der Waals surface area (Å²) in [7, 11) is 1.59. The first kappa shape index (κ1) is 20.7. The van der Waals surface area contributed by atoms with Gasteiger partial charge in [-0.2, -0.15) is 0 Å². The molecule has 154 valence electrons. The number of urea groups is 1. The maximum atomic E-state index is 12.2. The first-order valence-electron chi connectivity index (χ1n) is 10.1. The summed E-state index contributed by atoms with van der Waals surface area (Å²) in [6, 6.07) is 13.2. The van der Waals surface area contributed by atoms with Crippen LogP contribution < -0.4 is 20.7 Å². The Morgan fingerprint density at radius 2 is 1.76 bits per heavy atom. The third kappa shape index (κ3) is 5.98. The molecule has 1 atom stereocenters. The third-order valence-corrected chi connectivity index (χ3v) is 5.24. The molecule has 2 aromatic rings. The van der Waals surface area contributed by atoms with Crippen molar-refractivity contribution in [3.8, 4) is 5.75 Å². The highest BCUT2D eigenvalue weighted by atomic mass is 16.5. The molecule has 1 aliphatic carbocycles. The van der Waals surface area contributed by atoms with E-state index in [1.54, 1.807) is 31.4 Å². The van der Waals surface area contributed by atoms with E-state index >= 15 is 0 Å². The molecule has 0 radical (unpaired) electrons. The van der Waals surface area contributed by atoms with Crippen LogP contribution in [0.15, 0.2) is 42.5 Å². The molecule has 3 N–H and O–H groups in total. The zero-order valence-electron chi connectivity index (χ0n) is 17.1. The molecule has 0 fully saturated rings. The van der Waals surface area contributed by atoms with Gasteiger partial charge in [0, 0.05) is 18.7 Å². The Hall–Kier alpha value is -3.02. The quantitative estimate of drug-likeness (QED) is 0.664. The van der Waals surface area contributed by atoms with Gasteiger partial charge in [0.15, 0.2) is 0 Å². The topological polar surface area (TPSA) is 79.5 Å². The van der Waals surface area contributed by atoms with E-state index in [4.69, 9.17) is 4.74 Å². The summed E-state index contributed by atoms with van der Waals surface area (Å²) in [5, 5.41) is 8.44. The van der Waals surface area contributed by atoms with Crippen molar-refractivity contribution >= 4 is 17.6 Å². The fourth-order valence-corrected chi connectivity index (χ4v) is 3.56. The molecule has 0 unspecified atom stereocenters. The molecule has 3 rings (SSSR count). The fourth-order valence-electron chi connectivity index (χ4n) is 3.56. The molecule has 0 bridgehead atoms. The largest absolute Gasteiger partial charge is 0.497 e. The SMILES string of the molecule is COc1ccc(NC(=O)NCCC(=O)N[C@H](C)c2ccc3c(c2)CCCC3)cc1. The Morgan fingerprint density at radius 1 is 1.03 bits per heavy atom. The van der Waals surface area contributed by atoms with Gasteiger partial charge >= 0.3 is 6.03 Å². The average molecular weight is 396 g/mol. The second-order valence-corrected chi connectivity index (χ2v) is 7.38. The second kappa shape index (κ2) is 9.96. The lowest BCUT2D eigenvalue weighted by atomic mass is 9.89. The number of benzene rings is 2. The van der Waals surface area contributed by atoms with Crippen molar-refractivity contribution in [2.45, 2.75) is 45.1 Å². The predicted molar refractivity (Wildman–Crippen MR) is 114 cm³/mol. The minimum atomic E-state index is -0.342. The predicted octanol–water partition coefficient (Wildman–Crippen LogP) is 3.96. The molecule has 1 aliphatic rings. The van der Waals surface area contributed by atoms with E-state index in [0.29, 0.717) is 5.69 Å². The van der Waals surface area contributed by atoms with E-state index in [-0.39, 0.29) is 30.9 Å². The Labute approximate surface area is 172 Å². The van der Waals surface area contributed by atoms with Gasteiger partial charge in [-0.15, -0.1) is 0 Å². The van der Waals surface area contributed by atoms with Crippen LogP contribution in [-0.4, -0.2) is 25.6 Å². The molecule has 6 nitrogen and oxygen atoms in total. The highest BCUT2D eigenvalue weighted by molar-refractivity contribution is 5.89. The molecular formula is C23H29N3O3. The lowest BCUT2D eigenvalue weighted by Crippen LogP contribution is -2.34. The van der Waals surface area contributed by atoms with E-state index in [9.17, 15) is 9.59 Å². The minimum Gasteiger partial charge on any atom is -0.497 e. The molecule has 0 saturated heterocycles. The second-order valence-electron chi connectivity index (χ2n) is 7.38. The average Bonchev–Trinajstić information content (AvgIpc) is 2.73. The monoisotopic (exact) mass is 395 g/mol. The van der Waals surface area contributed by atoms with Gasteiger partial charge in [-0.05, 0) is 73.6 Å². The van der Waals surface area contributed by atoms with Gasteiger partial charge < -0.3 is 20.7 Å². The van der Waals surface area contributed by atoms with Crippen LogP contribution >= 0.6 is 0 Å². The zero-order valence-corrected chi connectivity index (χ0v) is 17.1. The van der Waals surface area contributed by atoms with Crippen LogP contribution in [-0.2, 0) is 17.6 Å². The number of carbonyl (C=O) groups excluding carboxylic acids is 2. The number of rotatable bonds is 7. The number of methoxy groups -OCH3 is 1. The van der Waals surface area contributed by atoms with Gasteiger partial charge in [0.2, 0.25) is 5.91 Å². The lowest BCUT2D eigenvalue weighted by Gasteiger charge is -2.20. The summed E-state index contributed by atoms with van der Waals surface area (Å²) in [5.74, 6) is 0.639. The van der Waals surface area contributed by atoms with Crippen molar-refractivity contribution in [3.05, 3.63) is 59.2 Å². The molecule has 0 aliphatic heterocycles. The van der Waals surface area contributed by atoms with Gasteiger partial charge in [0.25, 0.3) is 0 Å². The number of hydrogen-bond acceptors (Lipinski definition) is 3. The van der Waals surface area contributed by atoms with Crippen LogP contribution in [0.3, 0.4) is 0 Å². The number of aryl methyl sites for hydroxylation is 2. The van der Waals surface area contributed by atoms with Gasteiger partial charge in [-0.3, -0.25) is 4.79 Å². The maximum Gasteiger partial charge on any atom is 0.319 e. The standard InChI is InChI=1S/C23H29N3O3/c1-16(18-8-7-17-5-3-4-6-19(17)15-18)25-22(27)13-14-24-23(28)26-20-9-11-21(29-2)12-10-20/h7-12,15-16H,3-6,13-14H2,1-2H3,(H,25,27)(H2,24,26,28)/t16-/m1/s1. The van der Waals surface area contributed by atoms with Gasteiger partial charge in [0.05, 0.1) is 13.2 Å². The summed E-state index contributed by atoms with van der Waals surface area (Å²) in [5.41, 5.74) is 4.63. The van der Waals surface area contributed by atoms with E-state index < -0.39 is 0 Å². The molecule has 0 heterocycles. The van der Waals surface area contributed by atoms with Crippen molar-refractivity contribution in [3.63, 3.8) is 0 Å².